The molecule has 1 aliphatic carbocycles. The predicted octanol–water partition coefficient (Wildman–Crippen LogP) is 4.54. The van der Waals surface area contributed by atoms with E-state index in [0.717, 1.165) is 24.6 Å². The fourth-order valence-electron chi connectivity index (χ4n) is 3.17. The molecule has 4 heteroatoms. The first-order valence-corrected chi connectivity index (χ1v) is 8.54. The summed E-state index contributed by atoms with van der Waals surface area (Å²) in [6, 6.07) is 2.20. The molecule has 1 heterocycles. The fraction of sp³-hybridized carbons (Fsp3) is 0.765. The minimum Gasteiger partial charge on any atom is -0.311 e. The average molecular weight is 291 g/mol. The van der Waals surface area contributed by atoms with E-state index in [0.29, 0.717) is 12.5 Å². The molecule has 118 valence electrons. The highest BCUT2D eigenvalue weighted by Gasteiger charge is 2.14. The first-order chi connectivity index (χ1) is 10.2. The number of nitrogens with one attached hydrogen (secondary N) is 1. The Morgan fingerprint density at radius 2 is 2.19 bits per heavy atom. The van der Waals surface area contributed by atoms with Crippen molar-refractivity contribution in [3.63, 3.8) is 0 Å². The number of aromatic nitrogens is 2. The van der Waals surface area contributed by atoms with Gasteiger partial charge in [0.05, 0.1) is 12.2 Å². The molecule has 0 aromatic carbocycles. The summed E-state index contributed by atoms with van der Waals surface area (Å²) >= 11 is 0. The van der Waals surface area contributed by atoms with Crippen molar-refractivity contribution in [2.45, 2.75) is 77.7 Å². The van der Waals surface area contributed by atoms with Crippen LogP contribution in [0.15, 0.2) is 12.3 Å². The summed E-state index contributed by atoms with van der Waals surface area (Å²) in [5.41, 5.74) is 0. The summed E-state index contributed by atoms with van der Waals surface area (Å²) in [7, 11) is 0. The molecular formula is C17H29N3O. The lowest BCUT2D eigenvalue weighted by Crippen LogP contribution is -2.17. The molecule has 1 N–H and O–H groups in total. The van der Waals surface area contributed by atoms with Crippen molar-refractivity contribution in [3.8, 4) is 0 Å². The molecule has 21 heavy (non-hydrogen) atoms. The van der Waals surface area contributed by atoms with Crippen molar-refractivity contribution in [2.24, 2.45) is 5.92 Å². The first kappa shape index (κ1) is 16.1. The van der Waals surface area contributed by atoms with Crippen LogP contribution in [0.1, 0.15) is 77.7 Å². The van der Waals surface area contributed by atoms with Crippen molar-refractivity contribution < 1.29 is 4.79 Å². The number of nitrogens with zero attached hydrogens (tertiary/aromatic N) is 2. The molecular weight excluding hydrogens is 262 g/mol. The highest BCUT2D eigenvalue weighted by atomic mass is 16.1. The largest absolute Gasteiger partial charge is 0.311 e. The molecule has 1 atom stereocenters. The van der Waals surface area contributed by atoms with Crippen LogP contribution in [0.3, 0.4) is 0 Å². The van der Waals surface area contributed by atoms with Crippen LogP contribution in [0, 0.1) is 5.92 Å². The Kier molecular flexibility index (Phi) is 6.27. The zero-order chi connectivity index (χ0) is 15.1. The monoisotopic (exact) mass is 291 g/mol. The standard InChI is InChI=1S/C17H29N3O/c1-3-14(2)20-16(12-13-18-20)19-17(21)11-7-10-15-8-5-4-6-9-15/h12-15H,3-11H2,1-2H3,(H,19,21). The van der Waals surface area contributed by atoms with Gasteiger partial charge in [-0.25, -0.2) is 4.68 Å². The number of anilines is 1. The smallest absolute Gasteiger partial charge is 0.225 e. The van der Waals surface area contributed by atoms with Gasteiger partial charge in [0, 0.05) is 12.5 Å². The SMILES string of the molecule is CCC(C)n1nccc1NC(=O)CCCC1CCCCC1. The highest BCUT2D eigenvalue weighted by Crippen LogP contribution is 2.27. The van der Waals surface area contributed by atoms with E-state index < -0.39 is 0 Å². The van der Waals surface area contributed by atoms with E-state index in [1.807, 2.05) is 10.7 Å². The Bertz CT molecular complexity index is 435. The predicted molar refractivity (Wildman–Crippen MR) is 86.3 cm³/mol. The second-order valence-corrected chi connectivity index (χ2v) is 6.36. The van der Waals surface area contributed by atoms with E-state index >= 15 is 0 Å². The van der Waals surface area contributed by atoms with Crippen LogP contribution in [0.2, 0.25) is 0 Å². The second-order valence-electron chi connectivity index (χ2n) is 6.36. The minimum absolute atomic E-state index is 0.121. The van der Waals surface area contributed by atoms with Crippen molar-refractivity contribution >= 4 is 11.7 Å². The van der Waals surface area contributed by atoms with Crippen molar-refractivity contribution in [1.82, 2.24) is 9.78 Å². The molecule has 0 spiro atoms. The second kappa shape index (κ2) is 8.20. The van der Waals surface area contributed by atoms with E-state index in [2.05, 4.69) is 24.3 Å². The van der Waals surface area contributed by atoms with E-state index in [4.69, 9.17) is 0 Å². The summed E-state index contributed by atoms with van der Waals surface area (Å²) in [5, 5.41) is 7.30. The quantitative estimate of drug-likeness (QED) is 0.801. The molecule has 1 amide bonds. The zero-order valence-electron chi connectivity index (χ0n) is 13.5. The lowest BCUT2D eigenvalue weighted by atomic mass is 9.86. The van der Waals surface area contributed by atoms with Gasteiger partial charge in [-0.2, -0.15) is 5.10 Å². The Morgan fingerprint density at radius 3 is 2.90 bits per heavy atom. The van der Waals surface area contributed by atoms with Gasteiger partial charge in [0.2, 0.25) is 5.91 Å². The third kappa shape index (κ3) is 4.87. The normalized spacial score (nSPS) is 17.6. The summed E-state index contributed by atoms with van der Waals surface area (Å²) < 4.78 is 1.90. The molecule has 0 bridgehead atoms. The summed E-state index contributed by atoms with van der Waals surface area (Å²) in [6.45, 7) is 4.24. The molecule has 0 aliphatic heterocycles. The van der Waals surface area contributed by atoms with Gasteiger partial charge in [-0.3, -0.25) is 4.79 Å². The van der Waals surface area contributed by atoms with E-state index in [1.165, 1.54) is 38.5 Å². The van der Waals surface area contributed by atoms with Gasteiger partial charge in [-0.05, 0) is 32.1 Å². The van der Waals surface area contributed by atoms with Gasteiger partial charge >= 0.3 is 0 Å². The average Bonchev–Trinajstić information content (AvgIpc) is 2.95. The highest BCUT2D eigenvalue weighted by molar-refractivity contribution is 5.89. The number of carbonyl (C=O) groups is 1. The van der Waals surface area contributed by atoms with E-state index in [-0.39, 0.29) is 5.91 Å². The van der Waals surface area contributed by atoms with Crippen molar-refractivity contribution in [3.05, 3.63) is 12.3 Å². The van der Waals surface area contributed by atoms with Crippen LogP contribution in [0.25, 0.3) is 0 Å². The molecule has 1 saturated carbocycles. The number of amides is 1. The molecule has 1 unspecified atom stereocenters. The third-order valence-corrected chi connectivity index (χ3v) is 4.69. The number of hydrogen-bond acceptors (Lipinski definition) is 2. The lowest BCUT2D eigenvalue weighted by Gasteiger charge is -2.21. The van der Waals surface area contributed by atoms with Crippen LogP contribution >= 0.6 is 0 Å². The van der Waals surface area contributed by atoms with Gasteiger partial charge in [0.1, 0.15) is 5.82 Å². The van der Waals surface area contributed by atoms with E-state index in [1.54, 1.807) is 6.20 Å². The van der Waals surface area contributed by atoms with Gasteiger partial charge in [-0.1, -0.05) is 39.0 Å². The first-order valence-electron chi connectivity index (χ1n) is 8.54. The number of rotatable bonds is 7. The third-order valence-electron chi connectivity index (χ3n) is 4.69. The fourth-order valence-corrected chi connectivity index (χ4v) is 3.17. The van der Waals surface area contributed by atoms with Gasteiger partial charge in [-0.15, -0.1) is 0 Å². The lowest BCUT2D eigenvalue weighted by molar-refractivity contribution is -0.116. The van der Waals surface area contributed by atoms with Gasteiger partial charge < -0.3 is 5.32 Å². The van der Waals surface area contributed by atoms with Crippen LogP contribution in [-0.2, 0) is 4.79 Å². The molecule has 1 fully saturated rings. The summed E-state index contributed by atoms with van der Waals surface area (Å²) in [6.07, 6.45) is 12.5. The summed E-state index contributed by atoms with van der Waals surface area (Å²) in [5.74, 6) is 1.81. The van der Waals surface area contributed by atoms with Crippen LogP contribution in [0.4, 0.5) is 5.82 Å². The van der Waals surface area contributed by atoms with Gasteiger partial charge in [0.15, 0.2) is 0 Å². The van der Waals surface area contributed by atoms with Crippen molar-refractivity contribution in [2.75, 3.05) is 5.32 Å². The molecule has 4 nitrogen and oxygen atoms in total. The Hall–Kier alpha value is -1.32. The topological polar surface area (TPSA) is 46.9 Å². The maximum absolute atomic E-state index is 12.1. The van der Waals surface area contributed by atoms with Crippen molar-refractivity contribution in [1.29, 1.82) is 0 Å². The van der Waals surface area contributed by atoms with Gasteiger partial charge in [0.25, 0.3) is 0 Å². The maximum atomic E-state index is 12.1. The van der Waals surface area contributed by atoms with Crippen LogP contribution < -0.4 is 5.32 Å². The Morgan fingerprint density at radius 1 is 1.43 bits per heavy atom. The zero-order valence-corrected chi connectivity index (χ0v) is 13.5. The Balaban J connectivity index is 1.73. The van der Waals surface area contributed by atoms with Crippen LogP contribution in [-0.4, -0.2) is 15.7 Å². The molecule has 0 saturated heterocycles. The maximum Gasteiger partial charge on any atom is 0.225 e. The molecule has 1 aromatic rings. The Labute approximate surface area is 128 Å². The molecule has 1 aromatic heterocycles. The number of hydrogen-bond donors (Lipinski definition) is 1. The van der Waals surface area contributed by atoms with Crippen LogP contribution in [0.5, 0.6) is 0 Å². The molecule has 2 rings (SSSR count). The molecule has 0 radical (unpaired) electrons. The minimum atomic E-state index is 0.121. The molecule has 1 aliphatic rings. The summed E-state index contributed by atoms with van der Waals surface area (Å²) in [4.78, 5) is 12.1. The van der Waals surface area contributed by atoms with E-state index in [9.17, 15) is 4.79 Å². The number of carbonyl (C=O) groups excluding carboxylic acids is 1.